The quantitative estimate of drug-likeness (QED) is 0.889. The first kappa shape index (κ1) is 14.0. The molecule has 1 saturated heterocycles. The fourth-order valence-electron chi connectivity index (χ4n) is 2.60. The van der Waals surface area contributed by atoms with Gasteiger partial charge in [0.05, 0.1) is 0 Å². The number of nitrogens with two attached hydrogens (primary N) is 1. The van der Waals surface area contributed by atoms with Gasteiger partial charge in [0.25, 0.3) is 0 Å². The van der Waals surface area contributed by atoms with Gasteiger partial charge in [-0.25, -0.2) is 0 Å². The SMILES string of the molecule is CC(=O)N1CCCN(Cc2ccccc2CN)CC1. The van der Waals surface area contributed by atoms with Gasteiger partial charge in [-0.1, -0.05) is 24.3 Å². The summed E-state index contributed by atoms with van der Waals surface area (Å²) in [5.74, 6) is 0.184. The Hall–Kier alpha value is -1.39. The van der Waals surface area contributed by atoms with E-state index in [4.69, 9.17) is 5.73 Å². The molecule has 19 heavy (non-hydrogen) atoms. The van der Waals surface area contributed by atoms with Crippen molar-refractivity contribution in [2.24, 2.45) is 5.73 Å². The molecule has 0 bridgehead atoms. The Morgan fingerprint density at radius 2 is 1.89 bits per heavy atom. The van der Waals surface area contributed by atoms with Gasteiger partial charge in [-0.05, 0) is 17.5 Å². The molecule has 1 aliphatic rings. The molecule has 2 rings (SSSR count). The highest BCUT2D eigenvalue weighted by molar-refractivity contribution is 5.73. The lowest BCUT2D eigenvalue weighted by Gasteiger charge is -2.22. The van der Waals surface area contributed by atoms with E-state index in [1.807, 2.05) is 11.0 Å². The average Bonchev–Trinajstić information content (AvgIpc) is 2.65. The van der Waals surface area contributed by atoms with Crippen LogP contribution in [0.1, 0.15) is 24.5 Å². The maximum atomic E-state index is 11.4. The number of carbonyl (C=O) groups excluding carboxylic acids is 1. The van der Waals surface area contributed by atoms with Crippen LogP contribution in [0.25, 0.3) is 0 Å². The van der Waals surface area contributed by atoms with Crippen molar-refractivity contribution in [3.63, 3.8) is 0 Å². The van der Waals surface area contributed by atoms with Crippen LogP contribution in [0.4, 0.5) is 0 Å². The van der Waals surface area contributed by atoms with Crippen molar-refractivity contribution in [3.8, 4) is 0 Å². The molecule has 1 aromatic carbocycles. The molecule has 2 N–H and O–H groups in total. The number of benzene rings is 1. The Morgan fingerprint density at radius 3 is 2.58 bits per heavy atom. The number of amides is 1. The third-order valence-corrected chi connectivity index (χ3v) is 3.77. The Morgan fingerprint density at radius 1 is 1.16 bits per heavy atom. The summed E-state index contributed by atoms with van der Waals surface area (Å²) < 4.78 is 0. The highest BCUT2D eigenvalue weighted by Crippen LogP contribution is 2.13. The highest BCUT2D eigenvalue weighted by atomic mass is 16.2. The van der Waals surface area contributed by atoms with E-state index in [0.717, 1.165) is 39.1 Å². The Kier molecular flexibility index (Phi) is 4.93. The van der Waals surface area contributed by atoms with Crippen molar-refractivity contribution in [2.75, 3.05) is 26.2 Å². The Labute approximate surface area is 115 Å². The normalized spacial score (nSPS) is 17.3. The molecule has 1 heterocycles. The van der Waals surface area contributed by atoms with Crippen LogP contribution in [0.15, 0.2) is 24.3 Å². The van der Waals surface area contributed by atoms with Crippen molar-refractivity contribution in [1.82, 2.24) is 9.80 Å². The van der Waals surface area contributed by atoms with E-state index >= 15 is 0 Å². The van der Waals surface area contributed by atoms with Crippen LogP contribution >= 0.6 is 0 Å². The fraction of sp³-hybridized carbons (Fsp3) is 0.533. The van der Waals surface area contributed by atoms with Crippen LogP contribution in [-0.2, 0) is 17.9 Å². The molecule has 0 radical (unpaired) electrons. The molecule has 0 saturated carbocycles. The van der Waals surface area contributed by atoms with Crippen molar-refractivity contribution in [1.29, 1.82) is 0 Å². The summed E-state index contributed by atoms with van der Waals surface area (Å²) in [5.41, 5.74) is 8.30. The molecule has 0 atom stereocenters. The molecule has 1 amide bonds. The Balaban J connectivity index is 1.98. The number of nitrogens with zero attached hydrogens (tertiary/aromatic N) is 2. The molecule has 1 aromatic rings. The highest BCUT2D eigenvalue weighted by Gasteiger charge is 2.17. The maximum Gasteiger partial charge on any atom is 0.219 e. The van der Waals surface area contributed by atoms with Crippen molar-refractivity contribution < 1.29 is 4.79 Å². The first-order valence-corrected chi connectivity index (χ1v) is 6.95. The third-order valence-electron chi connectivity index (χ3n) is 3.77. The lowest BCUT2D eigenvalue weighted by atomic mass is 10.1. The van der Waals surface area contributed by atoms with Crippen LogP contribution in [0.5, 0.6) is 0 Å². The van der Waals surface area contributed by atoms with E-state index in [0.29, 0.717) is 6.54 Å². The van der Waals surface area contributed by atoms with Crippen molar-refractivity contribution in [3.05, 3.63) is 35.4 Å². The first-order valence-electron chi connectivity index (χ1n) is 6.95. The molecule has 0 spiro atoms. The van der Waals surface area contributed by atoms with E-state index in [9.17, 15) is 4.79 Å². The minimum Gasteiger partial charge on any atom is -0.342 e. The zero-order valence-electron chi connectivity index (χ0n) is 11.6. The first-order chi connectivity index (χ1) is 9.20. The maximum absolute atomic E-state index is 11.4. The van der Waals surface area contributed by atoms with E-state index in [2.05, 4.69) is 23.1 Å². The molecule has 0 aromatic heterocycles. The molecule has 4 heteroatoms. The summed E-state index contributed by atoms with van der Waals surface area (Å²) in [6.45, 7) is 6.87. The monoisotopic (exact) mass is 261 g/mol. The third kappa shape index (κ3) is 3.78. The van der Waals surface area contributed by atoms with Crippen LogP contribution < -0.4 is 5.73 Å². The van der Waals surface area contributed by atoms with E-state index < -0.39 is 0 Å². The lowest BCUT2D eigenvalue weighted by molar-refractivity contribution is -0.128. The van der Waals surface area contributed by atoms with Crippen molar-refractivity contribution in [2.45, 2.75) is 26.4 Å². The standard InChI is InChI=1S/C15H23N3O/c1-13(19)18-8-4-7-17(9-10-18)12-15-6-3-2-5-14(15)11-16/h2-3,5-6H,4,7-12,16H2,1H3. The van der Waals surface area contributed by atoms with Gasteiger partial charge >= 0.3 is 0 Å². The van der Waals surface area contributed by atoms with E-state index in [1.165, 1.54) is 11.1 Å². The van der Waals surface area contributed by atoms with Gasteiger partial charge in [0.2, 0.25) is 5.91 Å². The van der Waals surface area contributed by atoms with Gasteiger partial charge in [-0.3, -0.25) is 9.69 Å². The van der Waals surface area contributed by atoms with E-state index in [1.54, 1.807) is 6.92 Å². The second kappa shape index (κ2) is 6.68. The smallest absolute Gasteiger partial charge is 0.219 e. The summed E-state index contributed by atoms with van der Waals surface area (Å²) in [7, 11) is 0. The zero-order chi connectivity index (χ0) is 13.7. The van der Waals surface area contributed by atoms with Gasteiger partial charge in [0.1, 0.15) is 0 Å². The largest absolute Gasteiger partial charge is 0.342 e. The Bertz CT molecular complexity index is 433. The molecule has 1 fully saturated rings. The number of rotatable bonds is 3. The van der Waals surface area contributed by atoms with Crippen molar-refractivity contribution >= 4 is 5.91 Å². The topological polar surface area (TPSA) is 49.6 Å². The molecule has 0 unspecified atom stereocenters. The summed E-state index contributed by atoms with van der Waals surface area (Å²) in [4.78, 5) is 15.8. The van der Waals surface area contributed by atoms with Gasteiger partial charge in [0.15, 0.2) is 0 Å². The molecular formula is C15H23N3O. The summed E-state index contributed by atoms with van der Waals surface area (Å²) in [6.07, 6.45) is 1.05. The number of carbonyl (C=O) groups is 1. The number of hydrogen-bond donors (Lipinski definition) is 1. The minimum absolute atomic E-state index is 0.184. The van der Waals surface area contributed by atoms with Gasteiger partial charge in [-0.2, -0.15) is 0 Å². The molecule has 0 aliphatic carbocycles. The average molecular weight is 261 g/mol. The van der Waals surface area contributed by atoms with Crippen LogP contribution in [-0.4, -0.2) is 41.9 Å². The van der Waals surface area contributed by atoms with Crippen LogP contribution in [0.3, 0.4) is 0 Å². The zero-order valence-corrected chi connectivity index (χ0v) is 11.6. The minimum atomic E-state index is 0.184. The second-order valence-corrected chi connectivity index (χ2v) is 5.11. The molecule has 104 valence electrons. The summed E-state index contributed by atoms with van der Waals surface area (Å²) in [5, 5.41) is 0. The molecule has 1 aliphatic heterocycles. The van der Waals surface area contributed by atoms with Crippen LogP contribution in [0, 0.1) is 0 Å². The number of hydrogen-bond acceptors (Lipinski definition) is 3. The van der Waals surface area contributed by atoms with Gasteiger partial charge in [-0.15, -0.1) is 0 Å². The second-order valence-electron chi connectivity index (χ2n) is 5.11. The van der Waals surface area contributed by atoms with Gasteiger partial charge < -0.3 is 10.6 Å². The predicted octanol–water partition coefficient (Wildman–Crippen LogP) is 1.20. The molecular weight excluding hydrogens is 238 g/mol. The molecule has 4 nitrogen and oxygen atoms in total. The summed E-state index contributed by atoms with van der Waals surface area (Å²) >= 11 is 0. The van der Waals surface area contributed by atoms with E-state index in [-0.39, 0.29) is 5.91 Å². The van der Waals surface area contributed by atoms with Gasteiger partial charge in [0, 0.05) is 46.2 Å². The lowest BCUT2D eigenvalue weighted by Crippen LogP contribution is -2.33. The fourth-order valence-corrected chi connectivity index (χ4v) is 2.60. The predicted molar refractivity (Wildman–Crippen MR) is 76.5 cm³/mol. The summed E-state index contributed by atoms with van der Waals surface area (Å²) in [6, 6.07) is 8.34. The van der Waals surface area contributed by atoms with Crippen LogP contribution in [0.2, 0.25) is 0 Å².